The molecular weight excluding hydrogens is 469 g/mol. The predicted molar refractivity (Wildman–Crippen MR) is 123 cm³/mol. The van der Waals surface area contributed by atoms with E-state index in [-0.39, 0.29) is 35.9 Å². The maximum absolute atomic E-state index is 11.9. The summed E-state index contributed by atoms with van der Waals surface area (Å²) in [6.07, 6.45) is 3.59. The highest BCUT2D eigenvalue weighted by Gasteiger charge is 2.27. The van der Waals surface area contributed by atoms with Crippen LogP contribution in [-0.4, -0.2) is 48.9 Å². The Morgan fingerprint density at radius 3 is 2.50 bits per heavy atom. The summed E-state index contributed by atoms with van der Waals surface area (Å²) < 4.78 is 5.13. The monoisotopic (exact) mass is 503 g/mol. The Morgan fingerprint density at radius 1 is 1.21 bits per heavy atom. The summed E-state index contributed by atoms with van der Waals surface area (Å²) in [5, 5.41) is 16.9. The second kappa shape index (κ2) is 13.8. The number of halogens is 1. The molecule has 0 radical (unpaired) electrons. The van der Waals surface area contributed by atoms with E-state index in [0.717, 1.165) is 43.8 Å². The number of nitrogens with zero attached hydrogens (tertiary/aromatic N) is 1. The lowest BCUT2D eigenvalue weighted by molar-refractivity contribution is -0.149. The average Bonchev–Trinajstić information content (AvgIpc) is 2.68. The number of hydrogen-bond acceptors (Lipinski definition) is 4. The molecule has 0 bridgehead atoms. The van der Waals surface area contributed by atoms with Gasteiger partial charge in [-0.05, 0) is 45.1 Å². The molecule has 158 valence electrons. The van der Waals surface area contributed by atoms with E-state index in [1.165, 1.54) is 0 Å². The molecule has 1 aliphatic carbocycles. The van der Waals surface area contributed by atoms with E-state index < -0.39 is 6.10 Å². The van der Waals surface area contributed by atoms with Gasteiger partial charge in [0.05, 0.1) is 25.2 Å². The lowest BCUT2D eigenvalue weighted by Gasteiger charge is -2.29. The fraction of sp³-hybridized carbons (Fsp3) is 0.619. The van der Waals surface area contributed by atoms with Crippen molar-refractivity contribution in [1.82, 2.24) is 10.6 Å². The number of guanidine groups is 1. The van der Waals surface area contributed by atoms with Gasteiger partial charge in [-0.3, -0.25) is 9.79 Å². The van der Waals surface area contributed by atoms with Crippen LogP contribution >= 0.6 is 24.0 Å². The predicted octanol–water partition coefficient (Wildman–Crippen LogP) is 2.89. The van der Waals surface area contributed by atoms with Crippen LogP contribution in [0.25, 0.3) is 0 Å². The molecule has 1 aromatic rings. The van der Waals surface area contributed by atoms with Gasteiger partial charge in [0.1, 0.15) is 0 Å². The van der Waals surface area contributed by atoms with Gasteiger partial charge in [0.2, 0.25) is 0 Å². The molecule has 1 aromatic carbocycles. The minimum atomic E-state index is -0.512. The molecule has 7 heteroatoms. The number of hydrogen-bond donors (Lipinski definition) is 3. The lowest BCUT2D eigenvalue weighted by Crippen LogP contribution is -2.45. The lowest BCUT2D eigenvalue weighted by atomic mass is 9.86. The van der Waals surface area contributed by atoms with E-state index in [4.69, 9.17) is 4.74 Å². The van der Waals surface area contributed by atoms with Gasteiger partial charge in [-0.15, -0.1) is 24.0 Å². The van der Waals surface area contributed by atoms with Crippen LogP contribution in [0.3, 0.4) is 0 Å². The standard InChI is InChI=1S/C21H33N3O3.HI/c1-3-22-21(23-15-19(25)14-16-8-6-5-7-9-16)24-18-12-10-17(11-13-18)20(26)27-4-2;/h5-9,17-19,25H,3-4,10-15H2,1-2H3,(H2,22,23,24);1H. The van der Waals surface area contributed by atoms with Gasteiger partial charge < -0.3 is 20.5 Å². The number of nitrogens with one attached hydrogen (secondary N) is 2. The quantitative estimate of drug-likeness (QED) is 0.220. The van der Waals surface area contributed by atoms with Crippen LogP contribution in [0.2, 0.25) is 0 Å². The minimum absolute atomic E-state index is 0. The van der Waals surface area contributed by atoms with Crippen molar-refractivity contribution in [1.29, 1.82) is 0 Å². The summed E-state index contributed by atoms with van der Waals surface area (Å²) in [5.41, 5.74) is 1.11. The van der Waals surface area contributed by atoms with E-state index in [0.29, 0.717) is 25.6 Å². The molecular formula is C21H34IN3O3. The summed E-state index contributed by atoms with van der Waals surface area (Å²) in [7, 11) is 0. The van der Waals surface area contributed by atoms with E-state index in [1.54, 1.807) is 0 Å². The molecule has 1 unspecified atom stereocenters. The fourth-order valence-electron chi connectivity index (χ4n) is 3.39. The Morgan fingerprint density at radius 2 is 1.89 bits per heavy atom. The van der Waals surface area contributed by atoms with E-state index >= 15 is 0 Å². The van der Waals surface area contributed by atoms with Crippen LogP contribution in [0.5, 0.6) is 0 Å². The van der Waals surface area contributed by atoms with Gasteiger partial charge >= 0.3 is 5.97 Å². The Hall–Kier alpha value is -1.35. The third-order valence-electron chi connectivity index (χ3n) is 4.81. The first-order valence-corrected chi connectivity index (χ1v) is 10.1. The third kappa shape index (κ3) is 8.77. The van der Waals surface area contributed by atoms with Crippen LogP contribution in [0, 0.1) is 5.92 Å². The van der Waals surface area contributed by atoms with Crippen molar-refractivity contribution in [3.63, 3.8) is 0 Å². The SMILES string of the molecule is CCNC(=NCC(O)Cc1ccccc1)NC1CCC(C(=O)OCC)CC1.I. The van der Waals surface area contributed by atoms with Gasteiger partial charge in [0.25, 0.3) is 0 Å². The molecule has 3 N–H and O–H groups in total. The second-order valence-corrected chi connectivity index (χ2v) is 7.01. The van der Waals surface area contributed by atoms with Crippen LogP contribution in [0.1, 0.15) is 45.1 Å². The zero-order valence-electron chi connectivity index (χ0n) is 16.9. The highest BCUT2D eigenvalue weighted by molar-refractivity contribution is 14.0. The van der Waals surface area contributed by atoms with Crippen molar-refractivity contribution in [3.05, 3.63) is 35.9 Å². The number of aliphatic hydroxyl groups is 1. The molecule has 6 nitrogen and oxygen atoms in total. The molecule has 0 spiro atoms. The zero-order valence-corrected chi connectivity index (χ0v) is 19.2. The summed E-state index contributed by atoms with van der Waals surface area (Å²) in [6.45, 7) is 5.42. The minimum Gasteiger partial charge on any atom is -0.466 e. The van der Waals surface area contributed by atoms with Gasteiger partial charge in [0, 0.05) is 19.0 Å². The van der Waals surface area contributed by atoms with Crippen molar-refractivity contribution in [2.45, 2.75) is 58.1 Å². The second-order valence-electron chi connectivity index (χ2n) is 7.01. The molecule has 28 heavy (non-hydrogen) atoms. The Kier molecular flexibility index (Phi) is 12.1. The van der Waals surface area contributed by atoms with Crippen molar-refractivity contribution < 1.29 is 14.6 Å². The highest BCUT2D eigenvalue weighted by atomic mass is 127. The molecule has 1 fully saturated rings. The fourth-order valence-corrected chi connectivity index (χ4v) is 3.39. The first-order chi connectivity index (χ1) is 13.1. The van der Waals surface area contributed by atoms with Crippen molar-refractivity contribution >= 4 is 35.9 Å². The molecule has 0 aliphatic heterocycles. The first kappa shape index (κ1) is 24.7. The number of carbonyl (C=O) groups excluding carboxylic acids is 1. The van der Waals surface area contributed by atoms with E-state index in [2.05, 4.69) is 15.6 Å². The number of aliphatic imine (C=N–C) groups is 1. The topological polar surface area (TPSA) is 83.0 Å². The van der Waals surface area contributed by atoms with Gasteiger partial charge in [-0.1, -0.05) is 30.3 Å². The molecule has 1 saturated carbocycles. The summed E-state index contributed by atoms with van der Waals surface area (Å²) in [6, 6.07) is 10.2. The Bertz CT molecular complexity index is 590. The van der Waals surface area contributed by atoms with E-state index in [1.807, 2.05) is 44.2 Å². The molecule has 0 saturated heterocycles. The van der Waals surface area contributed by atoms with Crippen LogP contribution in [0.15, 0.2) is 35.3 Å². The largest absolute Gasteiger partial charge is 0.466 e. The maximum Gasteiger partial charge on any atom is 0.308 e. The van der Waals surface area contributed by atoms with Gasteiger partial charge in [-0.25, -0.2) is 0 Å². The first-order valence-electron chi connectivity index (χ1n) is 10.1. The highest BCUT2D eigenvalue weighted by Crippen LogP contribution is 2.25. The molecule has 1 aliphatic rings. The molecule has 0 amide bonds. The number of rotatable bonds is 8. The summed E-state index contributed by atoms with van der Waals surface area (Å²) >= 11 is 0. The maximum atomic E-state index is 11.9. The van der Waals surface area contributed by atoms with Gasteiger partial charge in [0.15, 0.2) is 5.96 Å². The molecule has 0 aromatic heterocycles. The van der Waals surface area contributed by atoms with Crippen LogP contribution in [-0.2, 0) is 16.0 Å². The van der Waals surface area contributed by atoms with Gasteiger partial charge in [-0.2, -0.15) is 0 Å². The zero-order chi connectivity index (χ0) is 19.5. The normalized spacial score (nSPS) is 20.6. The Balaban J connectivity index is 0.00000392. The number of benzene rings is 1. The van der Waals surface area contributed by atoms with E-state index in [9.17, 15) is 9.90 Å². The average molecular weight is 503 g/mol. The number of aliphatic hydroxyl groups excluding tert-OH is 1. The third-order valence-corrected chi connectivity index (χ3v) is 4.81. The van der Waals surface area contributed by atoms with Crippen molar-refractivity contribution in [3.8, 4) is 0 Å². The number of esters is 1. The smallest absolute Gasteiger partial charge is 0.308 e. The summed E-state index contributed by atoms with van der Waals surface area (Å²) in [4.78, 5) is 16.4. The van der Waals surface area contributed by atoms with Crippen LogP contribution < -0.4 is 10.6 Å². The number of ether oxygens (including phenoxy) is 1. The van der Waals surface area contributed by atoms with Crippen LogP contribution in [0.4, 0.5) is 0 Å². The molecule has 1 atom stereocenters. The summed E-state index contributed by atoms with van der Waals surface area (Å²) in [5.74, 6) is 0.681. The van der Waals surface area contributed by atoms with Crippen molar-refractivity contribution in [2.24, 2.45) is 10.9 Å². The van der Waals surface area contributed by atoms with Crippen molar-refractivity contribution in [2.75, 3.05) is 19.7 Å². The Labute approximate surface area is 185 Å². The number of carbonyl (C=O) groups is 1. The molecule has 0 heterocycles. The molecule has 2 rings (SSSR count).